The van der Waals surface area contributed by atoms with Crippen LogP contribution in [0.5, 0.6) is 0 Å². The maximum absolute atomic E-state index is 13.3. The maximum atomic E-state index is 13.3. The third-order valence-corrected chi connectivity index (χ3v) is 6.84. The van der Waals surface area contributed by atoms with Crippen LogP contribution in [0.3, 0.4) is 0 Å². The molecule has 1 amide bonds. The first-order chi connectivity index (χ1) is 13.7. The summed E-state index contributed by atoms with van der Waals surface area (Å²) >= 11 is 0. The molecule has 0 heterocycles. The van der Waals surface area contributed by atoms with Gasteiger partial charge < -0.3 is 10.2 Å². The number of halogens is 1. The standard InChI is InChI=1S/C21H28FN3O3S/c1-5-25(6-2)29(27,28)20-13-19(11-10-16(20)3)23-21(26)15-24(4)14-17-8-7-9-18(22)12-17/h7-13H,5-6,14-15H2,1-4H3,(H,23,26)/p+1. The average molecular weight is 423 g/mol. The molecule has 8 heteroatoms. The quantitative estimate of drug-likeness (QED) is 0.648. The number of nitrogens with zero attached hydrogens (tertiary/aromatic N) is 1. The van der Waals surface area contributed by atoms with Crippen molar-refractivity contribution in [2.75, 3.05) is 32.0 Å². The second-order valence-electron chi connectivity index (χ2n) is 7.06. The largest absolute Gasteiger partial charge is 0.326 e. The van der Waals surface area contributed by atoms with E-state index in [0.717, 1.165) is 10.5 Å². The zero-order chi connectivity index (χ0) is 21.6. The van der Waals surface area contributed by atoms with Crippen molar-refractivity contribution in [1.82, 2.24) is 4.31 Å². The Bertz CT molecular complexity index is 959. The molecule has 29 heavy (non-hydrogen) atoms. The lowest BCUT2D eigenvalue weighted by molar-refractivity contribution is -0.885. The molecule has 2 aromatic rings. The van der Waals surface area contributed by atoms with Crippen molar-refractivity contribution in [2.45, 2.75) is 32.2 Å². The van der Waals surface area contributed by atoms with Gasteiger partial charge in [-0.05, 0) is 36.8 Å². The highest BCUT2D eigenvalue weighted by Crippen LogP contribution is 2.23. The number of rotatable bonds is 9. The molecule has 1 unspecified atom stereocenters. The van der Waals surface area contributed by atoms with Crippen LogP contribution in [0.15, 0.2) is 47.4 Å². The maximum Gasteiger partial charge on any atom is 0.279 e. The molecule has 6 nitrogen and oxygen atoms in total. The van der Waals surface area contributed by atoms with Gasteiger partial charge in [-0.3, -0.25) is 4.79 Å². The van der Waals surface area contributed by atoms with E-state index in [1.807, 2.05) is 13.1 Å². The summed E-state index contributed by atoms with van der Waals surface area (Å²) in [6.45, 7) is 6.74. The Morgan fingerprint density at radius 3 is 2.45 bits per heavy atom. The molecule has 0 saturated carbocycles. The van der Waals surface area contributed by atoms with Gasteiger partial charge in [-0.25, -0.2) is 12.8 Å². The molecular formula is C21H29FN3O3S+. The minimum absolute atomic E-state index is 0.169. The van der Waals surface area contributed by atoms with E-state index in [1.165, 1.54) is 22.5 Å². The molecule has 2 aromatic carbocycles. The molecule has 0 saturated heterocycles. The van der Waals surface area contributed by atoms with Gasteiger partial charge in [-0.15, -0.1) is 0 Å². The van der Waals surface area contributed by atoms with Crippen LogP contribution in [-0.2, 0) is 21.4 Å². The Kier molecular flexibility index (Phi) is 7.89. The number of carbonyl (C=O) groups is 1. The summed E-state index contributed by atoms with van der Waals surface area (Å²) in [5.41, 5.74) is 1.87. The Morgan fingerprint density at radius 2 is 1.83 bits per heavy atom. The van der Waals surface area contributed by atoms with Crippen LogP contribution in [0.2, 0.25) is 0 Å². The average Bonchev–Trinajstić information content (AvgIpc) is 2.63. The van der Waals surface area contributed by atoms with E-state index in [-0.39, 0.29) is 23.2 Å². The number of nitrogens with one attached hydrogen (secondary N) is 2. The number of hydrogen-bond acceptors (Lipinski definition) is 3. The van der Waals surface area contributed by atoms with Gasteiger partial charge in [0.25, 0.3) is 5.91 Å². The SMILES string of the molecule is CCN(CC)S(=O)(=O)c1cc(NC(=O)C[NH+](C)Cc2cccc(F)c2)ccc1C. The van der Waals surface area contributed by atoms with Gasteiger partial charge >= 0.3 is 0 Å². The highest BCUT2D eigenvalue weighted by Gasteiger charge is 2.24. The number of sulfonamides is 1. The van der Waals surface area contributed by atoms with E-state index < -0.39 is 10.0 Å². The first-order valence-electron chi connectivity index (χ1n) is 9.63. The Morgan fingerprint density at radius 1 is 1.14 bits per heavy atom. The smallest absolute Gasteiger partial charge is 0.279 e. The van der Waals surface area contributed by atoms with Crippen molar-refractivity contribution < 1.29 is 22.5 Å². The van der Waals surface area contributed by atoms with Gasteiger partial charge in [0, 0.05) is 24.3 Å². The van der Waals surface area contributed by atoms with E-state index >= 15 is 0 Å². The van der Waals surface area contributed by atoms with Crippen LogP contribution in [-0.4, -0.2) is 45.3 Å². The lowest BCUT2D eigenvalue weighted by Crippen LogP contribution is -3.08. The number of anilines is 1. The number of benzene rings is 2. The fourth-order valence-electron chi connectivity index (χ4n) is 3.20. The number of aryl methyl sites for hydroxylation is 1. The Labute approximate surface area is 172 Å². The van der Waals surface area contributed by atoms with Crippen LogP contribution in [0.4, 0.5) is 10.1 Å². The van der Waals surface area contributed by atoms with Crippen molar-refractivity contribution in [3.63, 3.8) is 0 Å². The number of amides is 1. The molecule has 0 radical (unpaired) electrons. The van der Waals surface area contributed by atoms with Gasteiger partial charge in [-0.1, -0.05) is 32.0 Å². The van der Waals surface area contributed by atoms with Crippen LogP contribution in [0.1, 0.15) is 25.0 Å². The summed E-state index contributed by atoms with van der Waals surface area (Å²) in [6.07, 6.45) is 0. The van der Waals surface area contributed by atoms with Gasteiger partial charge in [0.15, 0.2) is 6.54 Å². The normalized spacial score (nSPS) is 12.8. The lowest BCUT2D eigenvalue weighted by Gasteiger charge is -2.20. The molecule has 2 N–H and O–H groups in total. The van der Waals surface area contributed by atoms with E-state index in [1.54, 1.807) is 39.0 Å². The van der Waals surface area contributed by atoms with E-state index in [4.69, 9.17) is 0 Å². The first kappa shape index (κ1) is 23.0. The van der Waals surface area contributed by atoms with Crippen molar-refractivity contribution in [3.05, 3.63) is 59.4 Å². The van der Waals surface area contributed by atoms with Crippen molar-refractivity contribution in [3.8, 4) is 0 Å². The topological polar surface area (TPSA) is 70.9 Å². The van der Waals surface area contributed by atoms with Crippen molar-refractivity contribution in [1.29, 1.82) is 0 Å². The fourth-order valence-corrected chi connectivity index (χ4v) is 4.90. The first-order valence-corrected chi connectivity index (χ1v) is 11.1. The summed E-state index contributed by atoms with van der Waals surface area (Å²) in [6, 6.07) is 11.2. The fraction of sp³-hybridized carbons (Fsp3) is 0.381. The molecule has 0 aromatic heterocycles. The number of quaternary nitrogens is 1. The lowest BCUT2D eigenvalue weighted by atomic mass is 10.2. The second-order valence-corrected chi connectivity index (χ2v) is 8.96. The number of likely N-dealkylation sites (N-methyl/N-ethyl adjacent to an activating group) is 1. The minimum atomic E-state index is -3.62. The van der Waals surface area contributed by atoms with Crippen LogP contribution < -0.4 is 10.2 Å². The summed E-state index contributed by atoms with van der Waals surface area (Å²) < 4.78 is 40.4. The zero-order valence-corrected chi connectivity index (χ0v) is 18.1. The predicted molar refractivity (Wildman–Crippen MR) is 112 cm³/mol. The van der Waals surface area contributed by atoms with Gasteiger partial charge in [0.1, 0.15) is 12.4 Å². The molecule has 158 valence electrons. The summed E-state index contributed by atoms with van der Waals surface area (Å²) in [5, 5.41) is 2.77. The zero-order valence-electron chi connectivity index (χ0n) is 17.3. The number of carbonyl (C=O) groups excluding carboxylic acids is 1. The van der Waals surface area contributed by atoms with Gasteiger partial charge in [0.05, 0.1) is 11.9 Å². The predicted octanol–water partition coefficient (Wildman–Crippen LogP) is 1.82. The molecule has 0 aliphatic carbocycles. The summed E-state index contributed by atoms with van der Waals surface area (Å²) in [5.74, 6) is -0.546. The number of hydrogen-bond donors (Lipinski definition) is 2. The Hall–Kier alpha value is -2.29. The molecule has 0 spiro atoms. The van der Waals surface area contributed by atoms with Crippen LogP contribution in [0, 0.1) is 12.7 Å². The second kappa shape index (κ2) is 9.96. The molecule has 0 fully saturated rings. The van der Waals surface area contributed by atoms with E-state index in [9.17, 15) is 17.6 Å². The van der Waals surface area contributed by atoms with Crippen LogP contribution >= 0.6 is 0 Å². The van der Waals surface area contributed by atoms with Gasteiger partial charge in [0.2, 0.25) is 10.0 Å². The molecular weight excluding hydrogens is 393 g/mol. The van der Waals surface area contributed by atoms with E-state index in [2.05, 4.69) is 5.32 Å². The minimum Gasteiger partial charge on any atom is -0.326 e. The van der Waals surface area contributed by atoms with Crippen LogP contribution in [0.25, 0.3) is 0 Å². The molecule has 0 aliphatic rings. The summed E-state index contributed by atoms with van der Waals surface area (Å²) in [4.78, 5) is 13.5. The summed E-state index contributed by atoms with van der Waals surface area (Å²) in [7, 11) is -1.77. The molecule has 0 bridgehead atoms. The molecule has 2 rings (SSSR count). The third kappa shape index (κ3) is 6.09. The third-order valence-electron chi connectivity index (χ3n) is 4.65. The van der Waals surface area contributed by atoms with Crippen molar-refractivity contribution >= 4 is 21.6 Å². The van der Waals surface area contributed by atoms with Gasteiger partial charge in [-0.2, -0.15) is 4.31 Å². The van der Waals surface area contributed by atoms with Crippen molar-refractivity contribution in [2.24, 2.45) is 0 Å². The van der Waals surface area contributed by atoms with E-state index in [0.29, 0.717) is 30.9 Å². The molecule has 1 atom stereocenters. The molecule has 0 aliphatic heterocycles. The highest BCUT2D eigenvalue weighted by atomic mass is 32.2. The highest BCUT2D eigenvalue weighted by molar-refractivity contribution is 7.89. The Balaban J connectivity index is 2.09. The monoisotopic (exact) mass is 422 g/mol.